The zero-order chi connectivity index (χ0) is 13.9. The molecule has 1 aliphatic rings. The highest BCUT2D eigenvalue weighted by Crippen LogP contribution is 2.11. The fraction of sp³-hybridized carbons (Fsp3) is 0.917. The van der Waals surface area contributed by atoms with Crippen LogP contribution in [0.1, 0.15) is 12.8 Å². The maximum Gasteiger partial charge on any atom is 0.243 e. The highest BCUT2D eigenvalue weighted by Gasteiger charge is 2.15. The molecule has 7 nitrogen and oxygen atoms in total. The lowest BCUT2D eigenvalue weighted by atomic mass is 10.2. The summed E-state index contributed by atoms with van der Waals surface area (Å²) in [6.07, 6.45) is 1.74. The lowest BCUT2D eigenvalue weighted by molar-refractivity contribution is -0.122. The number of primary amides is 1. The van der Waals surface area contributed by atoms with Crippen LogP contribution < -0.4 is 11.1 Å². The molecule has 1 rings (SSSR count). The molecule has 1 heterocycles. The van der Waals surface area contributed by atoms with Crippen LogP contribution >= 0.6 is 0 Å². The molecule has 2 unspecified atom stereocenters. The predicted octanol–water partition coefficient (Wildman–Crippen LogP) is -1.37. The third kappa shape index (κ3) is 8.90. The maximum atomic E-state index is 10.4. The molecular weight excluding hydrogens is 252 g/mol. The van der Waals surface area contributed by atoms with Crippen LogP contribution in [0.4, 0.5) is 0 Å². The summed E-state index contributed by atoms with van der Waals surface area (Å²) in [5.41, 5.74) is 4.91. The van der Waals surface area contributed by atoms with Crippen molar-refractivity contribution in [2.24, 2.45) is 5.73 Å². The smallest absolute Gasteiger partial charge is 0.243 e. The first kappa shape index (κ1) is 16.3. The van der Waals surface area contributed by atoms with Crippen LogP contribution in [0, 0.1) is 0 Å². The number of amides is 1. The molecule has 0 spiro atoms. The molecule has 0 aromatic carbocycles. The summed E-state index contributed by atoms with van der Waals surface area (Å²) >= 11 is 0. The van der Waals surface area contributed by atoms with Crippen LogP contribution in [0.5, 0.6) is 0 Å². The molecule has 0 aliphatic carbocycles. The van der Waals surface area contributed by atoms with Crippen molar-refractivity contribution in [3.63, 3.8) is 0 Å². The maximum absolute atomic E-state index is 10.4. The Labute approximate surface area is 113 Å². The van der Waals surface area contributed by atoms with Gasteiger partial charge in [-0.3, -0.25) is 4.79 Å². The molecule has 1 amide bonds. The van der Waals surface area contributed by atoms with Gasteiger partial charge in [0.2, 0.25) is 5.91 Å². The van der Waals surface area contributed by atoms with E-state index in [-0.39, 0.29) is 19.3 Å². The number of rotatable bonds is 11. The van der Waals surface area contributed by atoms with Gasteiger partial charge in [-0.05, 0) is 12.8 Å². The average Bonchev–Trinajstić information content (AvgIpc) is 2.86. The van der Waals surface area contributed by atoms with Crippen molar-refractivity contribution in [1.29, 1.82) is 0 Å². The van der Waals surface area contributed by atoms with Crippen molar-refractivity contribution in [2.75, 3.05) is 46.1 Å². The summed E-state index contributed by atoms with van der Waals surface area (Å²) in [4.78, 5) is 10.4. The van der Waals surface area contributed by atoms with E-state index in [4.69, 9.17) is 19.9 Å². The van der Waals surface area contributed by atoms with E-state index in [9.17, 15) is 9.90 Å². The number of aliphatic hydroxyl groups is 1. The number of carbonyl (C=O) groups is 1. The lowest BCUT2D eigenvalue weighted by Gasteiger charge is -2.14. The van der Waals surface area contributed by atoms with E-state index in [1.54, 1.807) is 0 Å². The molecule has 2 atom stereocenters. The van der Waals surface area contributed by atoms with E-state index < -0.39 is 12.0 Å². The molecule has 19 heavy (non-hydrogen) atoms. The summed E-state index contributed by atoms with van der Waals surface area (Å²) in [5, 5.41) is 12.6. The summed E-state index contributed by atoms with van der Waals surface area (Å²) in [5.74, 6) is -0.484. The van der Waals surface area contributed by atoms with Crippen LogP contribution in [0.25, 0.3) is 0 Å². The Hall–Kier alpha value is -0.730. The fourth-order valence-corrected chi connectivity index (χ4v) is 1.76. The molecule has 112 valence electrons. The Morgan fingerprint density at radius 3 is 3.05 bits per heavy atom. The Morgan fingerprint density at radius 1 is 1.53 bits per heavy atom. The van der Waals surface area contributed by atoms with Crippen molar-refractivity contribution < 1.29 is 24.1 Å². The molecule has 0 aromatic heterocycles. The van der Waals surface area contributed by atoms with Crippen LogP contribution in [-0.2, 0) is 19.0 Å². The standard InChI is InChI=1S/C12H24N2O5/c13-12(16)9-17-5-3-14-6-10(15)7-18-8-11-2-1-4-19-11/h10-11,14-15H,1-9H2,(H2,13,16). The number of carbonyl (C=O) groups excluding carboxylic acids is 1. The van der Waals surface area contributed by atoms with E-state index in [0.29, 0.717) is 26.3 Å². The van der Waals surface area contributed by atoms with Gasteiger partial charge in [-0.15, -0.1) is 0 Å². The van der Waals surface area contributed by atoms with Gasteiger partial charge < -0.3 is 30.4 Å². The fourth-order valence-electron chi connectivity index (χ4n) is 1.76. The van der Waals surface area contributed by atoms with Crippen molar-refractivity contribution in [2.45, 2.75) is 25.0 Å². The molecular formula is C12H24N2O5. The van der Waals surface area contributed by atoms with Gasteiger partial charge in [0.25, 0.3) is 0 Å². The molecule has 0 bridgehead atoms. The van der Waals surface area contributed by atoms with Gasteiger partial charge in [-0.25, -0.2) is 0 Å². The van der Waals surface area contributed by atoms with E-state index in [1.807, 2.05) is 0 Å². The van der Waals surface area contributed by atoms with Gasteiger partial charge >= 0.3 is 0 Å². The first-order chi connectivity index (χ1) is 9.18. The Balaban J connectivity index is 1.84. The van der Waals surface area contributed by atoms with Crippen LogP contribution in [-0.4, -0.2) is 69.3 Å². The van der Waals surface area contributed by atoms with Gasteiger partial charge in [0, 0.05) is 19.7 Å². The quantitative estimate of drug-likeness (QED) is 0.403. The van der Waals surface area contributed by atoms with Crippen LogP contribution in [0.3, 0.4) is 0 Å². The van der Waals surface area contributed by atoms with Gasteiger partial charge in [-0.2, -0.15) is 0 Å². The third-order valence-corrected chi connectivity index (χ3v) is 2.69. The topological polar surface area (TPSA) is 103 Å². The highest BCUT2D eigenvalue weighted by molar-refractivity contribution is 5.74. The van der Waals surface area contributed by atoms with Crippen LogP contribution in [0.2, 0.25) is 0 Å². The predicted molar refractivity (Wildman–Crippen MR) is 68.7 cm³/mol. The van der Waals surface area contributed by atoms with Crippen molar-refractivity contribution >= 4 is 5.91 Å². The summed E-state index contributed by atoms with van der Waals surface area (Å²) in [6.45, 7) is 2.92. The lowest BCUT2D eigenvalue weighted by Crippen LogP contribution is -2.33. The SMILES string of the molecule is NC(=O)COCCNCC(O)COCC1CCCO1. The largest absolute Gasteiger partial charge is 0.389 e. The number of nitrogens with one attached hydrogen (secondary N) is 1. The zero-order valence-corrected chi connectivity index (χ0v) is 11.2. The number of ether oxygens (including phenoxy) is 3. The van der Waals surface area contributed by atoms with Crippen molar-refractivity contribution in [3.05, 3.63) is 0 Å². The summed E-state index contributed by atoms with van der Waals surface area (Å²) < 4.78 is 15.7. The van der Waals surface area contributed by atoms with E-state index in [2.05, 4.69) is 5.32 Å². The van der Waals surface area contributed by atoms with Crippen molar-refractivity contribution in [1.82, 2.24) is 5.32 Å². The van der Waals surface area contributed by atoms with E-state index >= 15 is 0 Å². The third-order valence-electron chi connectivity index (χ3n) is 2.69. The summed E-state index contributed by atoms with van der Waals surface area (Å²) in [7, 11) is 0. The van der Waals surface area contributed by atoms with Gasteiger partial charge in [0.15, 0.2) is 0 Å². The summed E-state index contributed by atoms with van der Waals surface area (Å²) in [6, 6.07) is 0. The second kappa shape index (κ2) is 10.1. The second-order valence-electron chi connectivity index (χ2n) is 4.55. The number of hydrogen-bond acceptors (Lipinski definition) is 6. The Kier molecular flexibility index (Phi) is 8.68. The molecule has 0 aromatic rings. The van der Waals surface area contributed by atoms with Gasteiger partial charge in [-0.1, -0.05) is 0 Å². The molecule has 1 fully saturated rings. The minimum atomic E-state index is -0.558. The van der Waals surface area contributed by atoms with Gasteiger partial charge in [0.05, 0.1) is 32.0 Å². The van der Waals surface area contributed by atoms with Crippen LogP contribution in [0.15, 0.2) is 0 Å². The van der Waals surface area contributed by atoms with E-state index in [0.717, 1.165) is 19.4 Å². The second-order valence-corrected chi connectivity index (χ2v) is 4.55. The monoisotopic (exact) mass is 276 g/mol. The molecule has 4 N–H and O–H groups in total. The molecule has 0 saturated carbocycles. The number of aliphatic hydroxyl groups excluding tert-OH is 1. The average molecular weight is 276 g/mol. The van der Waals surface area contributed by atoms with E-state index in [1.165, 1.54) is 0 Å². The van der Waals surface area contributed by atoms with Crippen molar-refractivity contribution in [3.8, 4) is 0 Å². The molecule has 0 radical (unpaired) electrons. The number of hydrogen-bond donors (Lipinski definition) is 3. The highest BCUT2D eigenvalue weighted by atomic mass is 16.5. The first-order valence-electron chi connectivity index (χ1n) is 6.62. The minimum absolute atomic E-state index is 0.0747. The van der Waals surface area contributed by atoms with Gasteiger partial charge in [0.1, 0.15) is 6.61 Å². The normalized spacial score (nSPS) is 20.6. The molecule has 1 aliphatic heterocycles. The Morgan fingerprint density at radius 2 is 2.37 bits per heavy atom. The molecule has 7 heteroatoms. The Bertz CT molecular complexity index is 246. The minimum Gasteiger partial charge on any atom is -0.389 e. The number of nitrogens with two attached hydrogens (primary N) is 1. The first-order valence-corrected chi connectivity index (χ1v) is 6.62. The zero-order valence-electron chi connectivity index (χ0n) is 11.2. The molecule has 1 saturated heterocycles.